The molecule has 2 N–H and O–H groups in total. The molecule has 1 aromatic carbocycles. The lowest BCUT2D eigenvalue weighted by molar-refractivity contribution is -0.172. The van der Waals surface area contributed by atoms with E-state index in [2.05, 4.69) is 10.3 Å². The number of halogens is 1. The molecule has 1 saturated heterocycles. The van der Waals surface area contributed by atoms with Gasteiger partial charge in [0.1, 0.15) is 23.6 Å². The summed E-state index contributed by atoms with van der Waals surface area (Å²) in [5.41, 5.74) is 2.10. The van der Waals surface area contributed by atoms with Gasteiger partial charge in [-0.15, -0.1) is 0 Å². The van der Waals surface area contributed by atoms with Crippen LogP contribution in [0, 0.1) is 12.7 Å². The molecule has 0 unspecified atom stereocenters. The molecule has 3 aliphatic heterocycles. The number of hydrogen-bond donors (Lipinski definition) is 2. The van der Waals surface area contributed by atoms with E-state index in [1.807, 2.05) is 18.2 Å². The molecule has 11 nitrogen and oxygen atoms in total. The summed E-state index contributed by atoms with van der Waals surface area (Å²) in [4.78, 5) is 49.2. The molecule has 1 amide bonds. The predicted molar refractivity (Wildman–Crippen MR) is 176 cm³/mol. The minimum atomic E-state index is -1.98. The Bertz CT molecular complexity index is 2080. The predicted octanol–water partition coefficient (Wildman–Crippen LogP) is 4.84. The van der Waals surface area contributed by atoms with Crippen molar-refractivity contribution in [1.82, 2.24) is 19.9 Å². The lowest BCUT2D eigenvalue weighted by Crippen LogP contribution is -2.44. The summed E-state index contributed by atoms with van der Waals surface area (Å²) in [6.45, 7) is 3.99. The van der Waals surface area contributed by atoms with E-state index in [1.165, 1.54) is 16.9 Å². The molecule has 8 rings (SSSR count). The molecule has 0 saturated carbocycles. The van der Waals surface area contributed by atoms with Crippen molar-refractivity contribution >= 4 is 44.6 Å². The van der Waals surface area contributed by atoms with Gasteiger partial charge in [-0.05, 0) is 71.9 Å². The lowest BCUT2D eigenvalue weighted by atomic mass is 9.81. The zero-order valence-electron chi connectivity index (χ0n) is 26.1. The number of carbonyl (C=O) groups excluding carboxylic acids is 2. The number of carbonyl (C=O) groups is 2. The van der Waals surface area contributed by atoms with Crippen LogP contribution in [0.4, 0.5) is 9.18 Å². The molecule has 3 aromatic heterocycles. The zero-order valence-corrected chi connectivity index (χ0v) is 27.7. The Morgan fingerprint density at radius 1 is 1.23 bits per heavy atom. The molecule has 48 heavy (non-hydrogen) atoms. The minimum Gasteiger partial charge on any atom is -0.458 e. The van der Waals surface area contributed by atoms with Gasteiger partial charge in [0.05, 0.1) is 53.5 Å². The van der Waals surface area contributed by atoms with Crippen LogP contribution < -0.4 is 10.9 Å². The van der Waals surface area contributed by atoms with E-state index < -0.39 is 35.4 Å². The van der Waals surface area contributed by atoms with E-state index in [-0.39, 0.29) is 48.4 Å². The number of aryl methyl sites for hydroxylation is 1. The van der Waals surface area contributed by atoms with Crippen LogP contribution in [0.2, 0.25) is 0 Å². The number of ether oxygens (including phenoxy) is 3. The van der Waals surface area contributed by atoms with Gasteiger partial charge in [-0.2, -0.15) is 0 Å². The molecule has 1 fully saturated rings. The monoisotopic (exact) mass is 690 g/mol. The summed E-state index contributed by atoms with van der Waals surface area (Å²) in [6.07, 6.45) is 1.65. The third kappa shape index (κ3) is 4.91. The van der Waals surface area contributed by atoms with Crippen molar-refractivity contribution in [1.29, 1.82) is 0 Å². The first kappa shape index (κ1) is 31.3. The van der Waals surface area contributed by atoms with Gasteiger partial charge in [-0.1, -0.05) is 23.8 Å². The summed E-state index contributed by atoms with van der Waals surface area (Å²) in [7, 11) is 3.05. The number of alkyl carbamates (subject to hydrolysis) is 1. The number of nitrogens with zero attached hydrogens (tertiary/aromatic N) is 3. The maximum Gasteiger partial charge on any atom is 0.408 e. The fourth-order valence-corrected chi connectivity index (χ4v) is 9.61. The molecule has 4 atom stereocenters. The molecule has 4 aromatic rings. The molecule has 0 radical (unpaired) electrons. The Balaban J connectivity index is 1.15. The van der Waals surface area contributed by atoms with Gasteiger partial charge in [-0.25, -0.2) is 23.9 Å². The van der Waals surface area contributed by atoms with Gasteiger partial charge in [0.2, 0.25) is 0 Å². The quantitative estimate of drug-likeness (QED) is 0.187. The number of hydrogen-bond acceptors (Lipinski definition) is 11. The molecule has 248 valence electrons. The van der Waals surface area contributed by atoms with Crippen LogP contribution >= 0.6 is 21.6 Å². The molecule has 0 bridgehead atoms. The van der Waals surface area contributed by atoms with E-state index in [0.717, 1.165) is 27.1 Å². The van der Waals surface area contributed by atoms with Crippen molar-refractivity contribution in [3.8, 4) is 11.4 Å². The van der Waals surface area contributed by atoms with Crippen LogP contribution in [0.15, 0.2) is 46.3 Å². The summed E-state index contributed by atoms with van der Waals surface area (Å²) in [5, 5.41) is 15.9. The second kappa shape index (κ2) is 11.9. The second-order valence-corrected chi connectivity index (χ2v) is 14.9. The first-order valence-corrected chi connectivity index (χ1v) is 18.0. The molecular weight excluding hydrogens is 660 g/mol. The average Bonchev–Trinajstić information content (AvgIpc) is 3.69. The largest absolute Gasteiger partial charge is 0.458 e. The number of benzene rings is 1. The number of esters is 1. The van der Waals surface area contributed by atoms with Gasteiger partial charge < -0.3 is 29.2 Å². The van der Waals surface area contributed by atoms with Crippen LogP contribution in [0.3, 0.4) is 0 Å². The Kier molecular flexibility index (Phi) is 7.73. The summed E-state index contributed by atoms with van der Waals surface area (Å²) >= 11 is 0. The Hall–Kier alpha value is -3.98. The van der Waals surface area contributed by atoms with Crippen LogP contribution in [0.5, 0.6) is 0 Å². The number of nitrogens with one attached hydrogen (secondary N) is 1. The van der Waals surface area contributed by atoms with E-state index in [4.69, 9.17) is 19.2 Å². The normalized spacial score (nSPS) is 23.8. The summed E-state index contributed by atoms with van der Waals surface area (Å²) in [5.74, 6) is -1.20. The third-order valence-electron chi connectivity index (χ3n) is 9.80. The Morgan fingerprint density at radius 2 is 2.08 bits per heavy atom. The summed E-state index contributed by atoms with van der Waals surface area (Å²) in [6, 6.07) is 8.18. The number of amides is 1. The molecule has 1 aliphatic carbocycles. The van der Waals surface area contributed by atoms with Gasteiger partial charge in [-0.3, -0.25) is 4.79 Å². The standard InChI is InChI=1S/C34H31FN4O7S2/c1-3-34(43)20-10-24-30-18(12-39(24)31(40)19(20)13-45-32(34)41)29-22(8-7-17-16(2)21(35)11-23(37-30)28(17)29)38-33(42)46-25-14-44-15-26(25)47-48-27-6-4-5-9-36-27/h4-6,9-11,22,25-26,43H,3,7-8,12-15H2,1-2H3,(H,38,42)/t22-,25+,26+,34-/m0/s1. The smallest absolute Gasteiger partial charge is 0.408 e. The van der Waals surface area contributed by atoms with Crippen molar-refractivity contribution in [3.05, 3.63) is 86.1 Å². The number of aliphatic hydroxyl groups is 1. The molecular formula is C34H31FN4O7S2. The van der Waals surface area contributed by atoms with E-state index >= 15 is 4.39 Å². The fourth-order valence-electron chi connectivity index (χ4n) is 7.23. The van der Waals surface area contributed by atoms with Gasteiger partial charge >= 0.3 is 12.1 Å². The van der Waals surface area contributed by atoms with Crippen LogP contribution in [-0.2, 0) is 44.2 Å². The number of cyclic esters (lactones) is 1. The molecule has 4 aliphatic rings. The third-order valence-corrected chi connectivity index (χ3v) is 12.5. The first-order chi connectivity index (χ1) is 23.2. The minimum absolute atomic E-state index is 0.0141. The maximum atomic E-state index is 15.2. The molecule has 14 heteroatoms. The Morgan fingerprint density at radius 3 is 2.88 bits per heavy atom. The lowest BCUT2D eigenvalue weighted by Gasteiger charge is -2.31. The van der Waals surface area contributed by atoms with E-state index in [0.29, 0.717) is 41.9 Å². The summed E-state index contributed by atoms with van der Waals surface area (Å²) < 4.78 is 33.6. The van der Waals surface area contributed by atoms with E-state index in [9.17, 15) is 19.5 Å². The van der Waals surface area contributed by atoms with Gasteiger partial charge in [0, 0.05) is 28.8 Å². The average molecular weight is 691 g/mol. The van der Waals surface area contributed by atoms with Crippen LogP contribution in [0.25, 0.3) is 22.3 Å². The highest BCUT2D eigenvalue weighted by molar-refractivity contribution is 8.76. The topological polar surface area (TPSA) is 142 Å². The molecule has 6 heterocycles. The second-order valence-electron chi connectivity index (χ2n) is 12.4. The van der Waals surface area contributed by atoms with Crippen LogP contribution in [-0.4, -0.2) is 56.3 Å². The Labute approximate surface area is 282 Å². The van der Waals surface area contributed by atoms with Crippen molar-refractivity contribution in [2.75, 3.05) is 13.2 Å². The van der Waals surface area contributed by atoms with Gasteiger partial charge in [0.15, 0.2) is 5.60 Å². The first-order valence-electron chi connectivity index (χ1n) is 15.8. The fraction of sp³-hybridized carbons (Fsp3) is 0.382. The van der Waals surface area contributed by atoms with Crippen LogP contribution in [0.1, 0.15) is 59.2 Å². The van der Waals surface area contributed by atoms with Crippen molar-refractivity contribution in [2.24, 2.45) is 0 Å². The van der Waals surface area contributed by atoms with Gasteiger partial charge in [0.25, 0.3) is 5.56 Å². The number of rotatable bonds is 6. The van der Waals surface area contributed by atoms with Crippen molar-refractivity contribution in [2.45, 2.75) is 74.3 Å². The number of fused-ring (bicyclic) bond motifs is 5. The number of aromatic nitrogens is 3. The van der Waals surface area contributed by atoms with Crippen molar-refractivity contribution in [3.63, 3.8) is 0 Å². The highest BCUT2D eigenvalue weighted by Gasteiger charge is 2.46. The van der Waals surface area contributed by atoms with Crippen molar-refractivity contribution < 1.29 is 33.3 Å². The number of pyridine rings is 3. The SMILES string of the molecule is CC[C@@]1(O)C(=O)OCc2c1cc1n(c2=O)Cc2c-1nc1cc(F)c(C)c3c1c2[C@@H](NC(=O)O[C@@H]1COC[C@H]1SSc1ccccn1)CC3. The molecule has 0 spiro atoms. The highest BCUT2D eigenvalue weighted by Crippen LogP contribution is 2.46. The van der Waals surface area contributed by atoms with E-state index in [1.54, 1.807) is 41.5 Å². The highest BCUT2D eigenvalue weighted by atomic mass is 33.1. The zero-order chi connectivity index (χ0) is 33.3. The maximum absolute atomic E-state index is 15.2.